The van der Waals surface area contributed by atoms with Crippen molar-refractivity contribution in [2.75, 3.05) is 6.54 Å². The van der Waals surface area contributed by atoms with Crippen LogP contribution in [0.5, 0.6) is 0 Å². The quantitative estimate of drug-likeness (QED) is 0.851. The first-order valence-electron chi connectivity index (χ1n) is 6.91. The molecule has 1 unspecified atom stereocenters. The van der Waals surface area contributed by atoms with Gasteiger partial charge >= 0.3 is 0 Å². The molecule has 2 aromatic rings. The molecular formula is C17H16N2OS. The third-order valence-corrected chi connectivity index (χ3v) is 4.58. The van der Waals surface area contributed by atoms with Crippen molar-refractivity contribution >= 4 is 17.2 Å². The first-order valence-corrected chi connectivity index (χ1v) is 7.72. The molecule has 0 saturated carbocycles. The minimum absolute atomic E-state index is 0.0117. The summed E-state index contributed by atoms with van der Waals surface area (Å²) in [6.07, 6.45) is 0.847. The minimum Gasteiger partial charge on any atom is -0.351 e. The highest BCUT2D eigenvalue weighted by molar-refractivity contribution is 7.12. The summed E-state index contributed by atoms with van der Waals surface area (Å²) in [6.45, 7) is 0.928. The third kappa shape index (κ3) is 2.99. The average molecular weight is 296 g/mol. The Bertz CT molecular complexity index is 724. The van der Waals surface area contributed by atoms with Gasteiger partial charge < -0.3 is 11.1 Å². The van der Waals surface area contributed by atoms with Crippen molar-refractivity contribution in [1.82, 2.24) is 5.32 Å². The molecule has 0 bridgehead atoms. The summed E-state index contributed by atoms with van der Waals surface area (Å²) in [5.41, 5.74) is 7.80. The van der Waals surface area contributed by atoms with Crippen molar-refractivity contribution in [3.8, 4) is 11.8 Å². The molecule has 1 aliphatic carbocycles. The second-order valence-corrected chi connectivity index (χ2v) is 6.11. The molecule has 3 nitrogen and oxygen atoms in total. The van der Waals surface area contributed by atoms with Crippen LogP contribution in [0.1, 0.15) is 26.8 Å². The van der Waals surface area contributed by atoms with E-state index in [1.165, 1.54) is 5.56 Å². The first kappa shape index (κ1) is 13.9. The van der Waals surface area contributed by atoms with Crippen LogP contribution in [0.2, 0.25) is 0 Å². The van der Waals surface area contributed by atoms with Crippen LogP contribution in [0, 0.1) is 11.8 Å². The Kier molecular flexibility index (Phi) is 4.05. The number of hydrogen-bond donors (Lipinski definition) is 2. The van der Waals surface area contributed by atoms with Crippen molar-refractivity contribution < 1.29 is 4.79 Å². The number of carbonyl (C=O) groups is 1. The summed E-state index contributed by atoms with van der Waals surface area (Å²) >= 11 is 1.59. The van der Waals surface area contributed by atoms with Crippen LogP contribution in [0.15, 0.2) is 36.4 Å². The van der Waals surface area contributed by atoms with E-state index in [1.807, 2.05) is 30.3 Å². The van der Waals surface area contributed by atoms with Gasteiger partial charge in [-0.2, -0.15) is 0 Å². The van der Waals surface area contributed by atoms with Gasteiger partial charge in [-0.05, 0) is 29.7 Å². The Morgan fingerprint density at radius 3 is 3.00 bits per heavy atom. The summed E-state index contributed by atoms with van der Waals surface area (Å²) in [7, 11) is 0. The zero-order chi connectivity index (χ0) is 14.7. The van der Waals surface area contributed by atoms with E-state index in [1.54, 1.807) is 11.3 Å². The molecule has 106 valence electrons. The SMILES string of the molecule is NCC#Cc1ccc(CNC(=O)C2Cc3ccccc32)s1. The van der Waals surface area contributed by atoms with Crippen LogP contribution in [-0.4, -0.2) is 12.5 Å². The van der Waals surface area contributed by atoms with E-state index >= 15 is 0 Å². The maximum absolute atomic E-state index is 12.2. The molecular weight excluding hydrogens is 280 g/mol. The van der Waals surface area contributed by atoms with Crippen LogP contribution in [0.3, 0.4) is 0 Å². The van der Waals surface area contributed by atoms with Crippen LogP contribution < -0.4 is 11.1 Å². The molecule has 21 heavy (non-hydrogen) atoms. The van der Waals surface area contributed by atoms with Crippen LogP contribution in [-0.2, 0) is 17.8 Å². The van der Waals surface area contributed by atoms with Gasteiger partial charge in [0.15, 0.2) is 0 Å². The van der Waals surface area contributed by atoms with E-state index in [9.17, 15) is 4.79 Å². The molecule has 1 aromatic carbocycles. The van der Waals surface area contributed by atoms with Crippen LogP contribution in [0.25, 0.3) is 0 Å². The summed E-state index contributed by atoms with van der Waals surface area (Å²) in [5, 5.41) is 3.01. The lowest BCUT2D eigenvalue weighted by atomic mass is 9.77. The van der Waals surface area contributed by atoms with E-state index in [2.05, 4.69) is 23.2 Å². The fraction of sp³-hybridized carbons (Fsp3) is 0.235. The van der Waals surface area contributed by atoms with E-state index in [0.717, 1.165) is 21.7 Å². The highest BCUT2D eigenvalue weighted by Crippen LogP contribution is 2.34. The smallest absolute Gasteiger partial charge is 0.228 e. The topological polar surface area (TPSA) is 55.1 Å². The van der Waals surface area contributed by atoms with Gasteiger partial charge in [0.1, 0.15) is 0 Å². The second kappa shape index (κ2) is 6.13. The standard InChI is InChI=1S/C17H16N2OS/c18-9-3-5-13-7-8-14(21-13)11-19-17(20)16-10-12-4-1-2-6-15(12)16/h1-2,4,6-8,16H,9-11,18H2,(H,19,20). The Labute approximate surface area is 128 Å². The van der Waals surface area contributed by atoms with Crippen molar-refractivity contribution in [3.63, 3.8) is 0 Å². The van der Waals surface area contributed by atoms with Crippen molar-refractivity contribution in [2.45, 2.75) is 18.9 Å². The maximum atomic E-state index is 12.2. The molecule has 3 N–H and O–H groups in total. The molecule has 0 fully saturated rings. The summed E-state index contributed by atoms with van der Waals surface area (Å²) in [4.78, 5) is 14.3. The highest BCUT2D eigenvalue weighted by Gasteiger charge is 2.31. The van der Waals surface area contributed by atoms with Gasteiger partial charge in [-0.3, -0.25) is 4.79 Å². The van der Waals surface area contributed by atoms with Gasteiger partial charge in [-0.1, -0.05) is 36.1 Å². The normalized spacial score (nSPS) is 15.4. The number of carbonyl (C=O) groups excluding carboxylic acids is 1. The Hall–Kier alpha value is -2.09. The monoisotopic (exact) mass is 296 g/mol. The minimum atomic E-state index is 0.0117. The fourth-order valence-corrected chi connectivity index (χ4v) is 3.29. The second-order valence-electron chi connectivity index (χ2n) is 4.95. The van der Waals surface area contributed by atoms with Gasteiger partial charge in [-0.15, -0.1) is 11.3 Å². The van der Waals surface area contributed by atoms with Crippen LogP contribution in [0.4, 0.5) is 0 Å². The fourth-order valence-electron chi connectivity index (χ4n) is 2.47. The number of rotatable bonds is 3. The van der Waals surface area contributed by atoms with E-state index < -0.39 is 0 Å². The highest BCUT2D eigenvalue weighted by atomic mass is 32.1. The first-order chi connectivity index (χ1) is 10.3. The summed E-state index contributed by atoms with van der Waals surface area (Å²) in [6, 6.07) is 12.1. The predicted octanol–water partition coefficient (Wildman–Crippen LogP) is 2.01. The zero-order valence-corrected chi connectivity index (χ0v) is 12.4. The Morgan fingerprint density at radius 2 is 2.19 bits per heavy atom. The van der Waals surface area contributed by atoms with E-state index in [4.69, 9.17) is 5.73 Å². The molecule has 0 saturated heterocycles. The molecule has 1 amide bonds. The number of amides is 1. The molecule has 1 aliphatic rings. The third-order valence-electron chi connectivity index (χ3n) is 3.58. The molecule has 0 radical (unpaired) electrons. The molecule has 4 heteroatoms. The van der Waals surface area contributed by atoms with Gasteiger partial charge in [-0.25, -0.2) is 0 Å². The summed E-state index contributed by atoms with van der Waals surface area (Å²) < 4.78 is 0. The number of nitrogens with one attached hydrogen (secondary N) is 1. The number of hydrogen-bond acceptors (Lipinski definition) is 3. The Morgan fingerprint density at radius 1 is 1.33 bits per heavy atom. The Balaban J connectivity index is 1.56. The largest absolute Gasteiger partial charge is 0.351 e. The number of nitrogens with two attached hydrogens (primary N) is 1. The lowest BCUT2D eigenvalue weighted by Gasteiger charge is -2.28. The van der Waals surface area contributed by atoms with Crippen LogP contribution >= 0.6 is 11.3 Å². The molecule has 0 spiro atoms. The number of fused-ring (bicyclic) bond motifs is 1. The number of benzene rings is 1. The molecule has 1 aromatic heterocycles. The van der Waals surface area contributed by atoms with E-state index in [0.29, 0.717) is 13.1 Å². The molecule has 1 atom stereocenters. The maximum Gasteiger partial charge on any atom is 0.228 e. The van der Waals surface area contributed by atoms with Crippen molar-refractivity contribution in [3.05, 3.63) is 57.3 Å². The van der Waals surface area contributed by atoms with Gasteiger partial charge in [0.2, 0.25) is 5.91 Å². The molecule has 0 aliphatic heterocycles. The van der Waals surface area contributed by atoms with Crippen molar-refractivity contribution in [1.29, 1.82) is 0 Å². The molecule has 1 heterocycles. The summed E-state index contributed by atoms with van der Waals surface area (Å²) in [5.74, 6) is 5.95. The van der Waals surface area contributed by atoms with Gasteiger partial charge in [0.25, 0.3) is 0 Å². The lowest BCUT2D eigenvalue weighted by Crippen LogP contribution is -2.34. The van der Waals surface area contributed by atoms with Gasteiger partial charge in [0, 0.05) is 4.88 Å². The lowest BCUT2D eigenvalue weighted by molar-refractivity contribution is -0.123. The van der Waals surface area contributed by atoms with Crippen molar-refractivity contribution in [2.24, 2.45) is 5.73 Å². The molecule has 3 rings (SSSR count). The van der Waals surface area contributed by atoms with Gasteiger partial charge in [0.05, 0.1) is 23.9 Å². The van der Waals surface area contributed by atoms with E-state index in [-0.39, 0.29) is 11.8 Å². The predicted molar refractivity (Wildman–Crippen MR) is 85.0 cm³/mol. The number of thiophene rings is 1. The average Bonchev–Trinajstić information content (AvgIpc) is 2.92. The zero-order valence-electron chi connectivity index (χ0n) is 11.6.